The molecule has 36 heavy (non-hydrogen) atoms. The second kappa shape index (κ2) is 11.4. The number of hydrogen-bond acceptors (Lipinski definition) is 7. The normalized spacial score (nSPS) is 15.4. The number of morpholine rings is 1. The van der Waals surface area contributed by atoms with Gasteiger partial charge in [0.25, 0.3) is 5.91 Å². The predicted molar refractivity (Wildman–Crippen MR) is 140 cm³/mol. The van der Waals surface area contributed by atoms with E-state index in [9.17, 15) is 4.79 Å². The monoisotopic (exact) mass is 487 g/mol. The van der Waals surface area contributed by atoms with Gasteiger partial charge in [0.1, 0.15) is 23.0 Å². The number of aromatic nitrogens is 2. The number of benzene rings is 2. The first kappa shape index (κ1) is 24.1. The van der Waals surface area contributed by atoms with Crippen LogP contribution in [0.5, 0.6) is 11.5 Å². The molecule has 3 aromatic rings. The molecular weight excluding hydrogens is 454 g/mol. The van der Waals surface area contributed by atoms with Crippen molar-refractivity contribution in [2.45, 2.75) is 19.3 Å². The molecule has 0 atom stereocenters. The van der Waals surface area contributed by atoms with Gasteiger partial charge in [0.2, 0.25) is 5.95 Å². The van der Waals surface area contributed by atoms with Gasteiger partial charge in [-0.25, -0.2) is 4.98 Å². The van der Waals surface area contributed by atoms with Gasteiger partial charge >= 0.3 is 0 Å². The van der Waals surface area contributed by atoms with Crippen LogP contribution < -0.4 is 19.9 Å². The number of ether oxygens (including phenoxy) is 2. The number of hydrogen-bond donors (Lipinski definition) is 1. The maximum atomic E-state index is 12.9. The highest BCUT2D eigenvalue weighted by molar-refractivity contribution is 5.93. The molecule has 1 aromatic heterocycles. The number of likely N-dealkylation sites (N-methyl/N-ethyl adjacent to an activating group) is 1. The number of carbonyl (C=O) groups is 1. The molecule has 1 saturated heterocycles. The molecular formula is C28H33N5O3. The van der Waals surface area contributed by atoms with Crippen LogP contribution in [0.2, 0.25) is 0 Å². The Bertz CT molecular complexity index is 1150. The number of rotatable bonds is 10. The first-order valence-electron chi connectivity index (χ1n) is 12.7. The number of amides is 1. The quantitative estimate of drug-likeness (QED) is 0.464. The lowest BCUT2D eigenvalue weighted by molar-refractivity contribution is 0.0946. The highest BCUT2D eigenvalue weighted by atomic mass is 16.5. The Morgan fingerprint density at radius 3 is 2.50 bits per heavy atom. The van der Waals surface area contributed by atoms with Gasteiger partial charge in [-0.3, -0.25) is 4.79 Å². The van der Waals surface area contributed by atoms with Gasteiger partial charge in [-0.2, -0.15) is 4.98 Å². The molecule has 1 aliphatic heterocycles. The van der Waals surface area contributed by atoms with Crippen LogP contribution in [0.1, 0.15) is 28.9 Å². The van der Waals surface area contributed by atoms with Crippen molar-refractivity contribution in [3.63, 3.8) is 0 Å². The summed E-state index contributed by atoms with van der Waals surface area (Å²) in [5.41, 5.74) is 1.60. The lowest BCUT2D eigenvalue weighted by Crippen LogP contribution is -2.37. The second-order valence-electron chi connectivity index (χ2n) is 9.39. The van der Waals surface area contributed by atoms with Crippen molar-refractivity contribution in [1.82, 2.24) is 15.3 Å². The van der Waals surface area contributed by atoms with E-state index in [-0.39, 0.29) is 5.91 Å². The average Bonchev–Trinajstić information content (AvgIpc) is 3.77. The third-order valence-electron chi connectivity index (χ3n) is 6.50. The molecule has 8 heteroatoms. The molecule has 0 bridgehead atoms. The zero-order valence-electron chi connectivity index (χ0n) is 20.7. The van der Waals surface area contributed by atoms with Gasteiger partial charge < -0.3 is 24.6 Å². The van der Waals surface area contributed by atoms with Gasteiger partial charge in [-0.05, 0) is 55.0 Å². The number of carbonyl (C=O) groups excluding carboxylic acids is 1. The van der Waals surface area contributed by atoms with Gasteiger partial charge in [0.15, 0.2) is 0 Å². The zero-order valence-corrected chi connectivity index (χ0v) is 20.7. The van der Waals surface area contributed by atoms with Gasteiger partial charge in [-0.1, -0.05) is 30.3 Å². The third kappa shape index (κ3) is 6.51. The minimum absolute atomic E-state index is 0.137. The first-order chi connectivity index (χ1) is 17.6. The van der Waals surface area contributed by atoms with Crippen molar-refractivity contribution in [2.75, 3.05) is 56.2 Å². The molecule has 0 radical (unpaired) electrons. The zero-order chi connectivity index (χ0) is 24.7. The van der Waals surface area contributed by atoms with E-state index in [1.54, 1.807) is 6.07 Å². The van der Waals surface area contributed by atoms with Crippen LogP contribution in [-0.2, 0) is 11.2 Å². The molecule has 1 aliphatic carbocycles. The Morgan fingerprint density at radius 1 is 1.06 bits per heavy atom. The molecule has 188 valence electrons. The van der Waals surface area contributed by atoms with E-state index in [0.29, 0.717) is 43.9 Å². The summed E-state index contributed by atoms with van der Waals surface area (Å²) in [6.45, 7) is 4.24. The molecule has 2 aromatic carbocycles. The molecule has 2 fully saturated rings. The van der Waals surface area contributed by atoms with E-state index in [2.05, 4.69) is 27.3 Å². The highest BCUT2D eigenvalue weighted by Gasteiger charge is 2.24. The van der Waals surface area contributed by atoms with Crippen LogP contribution in [0, 0.1) is 5.92 Å². The van der Waals surface area contributed by atoms with E-state index in [1.807, 2.05) is 54.4 Å². The summed E-state index contributed by atoms with van der Waals surface area (Å²) >= 11 is 0. The SMILES string of the molecule is CN(CCc1ccc(Oc2ccccc2)cc1)c1nc(C(=O)NCC2CC2)cc(N2CCOCC2)n1. The van der Waals surface area contributed by atoms with Crippen molar-refractivity contribution in [2.24, 2.45) is 5.92 Å². The Balaban J connectivity index is 1.25. The summed E-state index contributed by atoms with van der Waals surface area (Å²) in [7, 11) is 1.97. The van der Waals surface area contributed by atoms with Gasteiger partial charge in [0, 0.05) is 39.3 Å². The Hall–Kier alpha value is -3.65. The Morgan fingerprint density at radius 2 is 1.78 bits per heavy atom. The minimum atomic E-state index is -0.137. The summed E-state index contributed by atoms with van der Waals surface area (Å²) in [5.74, 6) is 3.43. The highest BCUT2D eigenvalue weighted by Crippen LogP contribution is 2.28. The van der Waals surface area contributed by atoms with E-state index in [1.165, 1.54) is 18.4 Å². The predicted octanol–water partition coefficient (Wildman–Crippen LogP) is 3.92. The summed E-state index contributed by atoms with van der Waals surface area (Å²) < 4.78 is 11.4. The number of nitrogens with zero attached hydrogens (tertiary/aromatic N) is 4. The number of nitrogens with one attached hydrogen (secondary N) is 1. The van der Waals surface area contributed by atoms with Gasteiger partial charge in [0.05, 0.1) is 13.2 Å². The van der Waals surface area contributed by atoms with Crippen molar-refractivity contribution in [1.29, 1.82) is 0 Å². The van der Waals surface area contributed by atoms with Crippen LogP contribution in [0.25, 0.3) is 0 Å². The lowest BCUT2D eigenvalue weighted by atomic mass is 10.1. The molecule has 5 rings (SSSR count). The minimum Gasteiger partial charge on any atom is -0.457 e. The Kier molecular flexibility index (Phi) is 7.61. The largest absolute Gasteiger partial charge is 0.457 e. The van der Waals surface area contributed by atoms with Crippen LogP contribution in [0.15, 0.2) is 60.7 Å². The van der Waals surface area contributed by atoms with Crippen molar-refractivity contribution < 1.29 is 14.3 Å². The topological polar surface area (TPSA) is 79.8 Å². The van der Waals surface area contributed by atoms with E-state index in [4.69, 9.17) is 14.5 Å². The summed E-state index contributed by atoms with van der Waals surface area (Å²) in [6.07, 6.45) is 3.20. The fraction of sp³-hybridized carbons (Fsp3) is 0.393. The van der Waals surface area contributed by atoms with Crippen LogP contribution in [-0.4, -0.2) is 62.3 Å². The van der Waals surface area contributed by atoms with Crippen LogP contribution >= 0.6 is 0 Å². The maximum Gasteiger partial charge on any atom is 0.270 e. The summed E-state index contributed by atoms with van der Waals surface area (Å²) in [5, 5.41) is 3.03. The molecule has 1 saturated carbocycles. The molecule has 2 aliphatic rings. The second-order valence-corrected chi connectivity index (χ2v) is 9.39. The summed E-state index contributed by atoms with van der Waals surface area (Å²) in [4.78, 5) is 26.5. The molecule has 8 nitrogen and oxygen atoms in total. The maximum absolute atomic E-state index is 12.9. The summed E-state index contributed by atoms with van der Waals surface area (Å²) in [6, 6.07) is 19.7. The average molecular weight is 488 g/mol. The lowest BCUT2D eigenvalue weighted by Gasteiger charge is -2.29. The van der Waals surface area contributed by atoms with Crippen LogP contribution in [0.4, 0.5) is 11.8 Å². The third-order valence-corrected chi connectivity index (χ3v) is 6.50. The Labute approximate surface area is 212 Å². The standard InChI is InChI=1S/C28H33N5O3/c1-32(14-13-21-9-11-24(12-10-21)36-23-5-3-2-4-6-23)28-30-25(27(34)29-20-22-7-8-22)19-26(31-28)33-15-17-35-18-16-33/h2-6,9-12,19,22H,7-8,13-18,20H2,1H3,(H,29,34). The van der Waals surface area contributed by atoms with E-state index in [0.717, 1.165) is 36.8 Å². The molecule has 2 heterocycles. The first-order valence-corrected chi connectivity index (χ1v) is 12.7. The fourth-order valence-corrected chi connectivity index (χ4v) is 4.06. The number of anilines is 2. The van der Waals surface area contributed by atoms with Crippen LogP contribution in [0.3, 0.4) is 0 Å². The fourth-order valence-electron chi connectivity index (χ4n) is 4.06. The van der Waals surface area contributed by atoms with Gasteiger partial charge in [-0.15, -0.1) is 0 Å². The molecule has 1 N–H and O–H groups in total. The molecule has 0 spiro atoms. The van der Waals surface area contributed by atoms with E-state index >= 15 is 0 Å². The molecule has 0 unspecified atom stereocenters. The number of para-hydroxylation sites is 1. The molecule has 1 amide bonds. The van der Waals surface area contributed by atoms with Crippen molar-refractivity contribution in [3.05, 3.63) is 71.9 Å². The smallest absolute Gasteiger partial charge is 0.270 e. The van der Waals surface area contributed by atoms with E-state index < -0.39 is 0 Å². The van der Waals surface area contributed by atoms with Crippen molar-refractivity contribution in [3.8, 4) is 11.5 Å². The van der Waals surface area contributed by atoms with Crippen molar-refractivity contribution >= 4 is 17.7 Å².